The van der Waals surface area contributed by atoms with Crippen LogP contribution >= 0.6 is 0 Å². The molecule has 0 spiro atoms. The van der Waals surface area contributed by atoms with Gasteiger partial charge < -0.3 is 9.26 Å². The quantitative estimate of drug-likeness (QED) is 0.913. The van der Waals surface area contributed by atoms with Gasteiger partial charge in [0.1, 0.15) is 5.69 Å². The molecular formula is C11H13N3O4S. The highest BCUT2D eigenvalue weighted by Crippen LogP contribution is 2.22. The van der Waals surface area contributed by atoms with Crippen LogP contribution in [0, 0.1) is 13.8 Å². The van der Waals surface area contributed by atoms with E-state index in [0.717, 1.165) is 0 Å². The molecular weight excluding hydrogens is 270 g/mol. The van der Waals surface area contributed by atoms with E-state index < -0.39 is 10.0 Å². The Hall–Kier alpha value is -2.09. The minimum absolute atomic E-state index is 0.0447. The van der Waals surface area contributed by atoms with Gasteiger partial charge in [0.2, 0.25) is 5.88 Å². The molecule has 0 aliphatic rings. The van der Waals surface area contributed by atoms with Gasteiger partial charge in [-0.25, -0.2) is 13.4 Å². The molecule has 1 N–H and O–H groups in total. The smallest absolute Gasteiger partial charge is 0.267 e. The van der Waals surface area contributed by atoms with Crippen molar-refractivity contribution in [3.05, 3.63) is 29.8 Å². The van der Waals surface area contributed by atoms with E-state index in [-0.39, 0.29) is 10.7 Å². The Morgan fingerprint density at radius 2 is 2.05 bits per heavy atom. The lowest BCUT2D eigenvalue weighted by Gasteiger charge is -2.07. The molecule has 0 radical (unpaired) electrons. The minimum Gasteiger partial charge on any atom is -0.481 e. The number of hydrogen-bond donors (Lipinski definition) is 1. The summed E-state index contributed by atoms with van der Waals surface area (Å²) in [5.74, 6) is 0.645. The van der Waals surface area contributed by atoms with Gasteiger partial charge >= 0.3 is 0 Å². The van der Waals surface area contributed by atoms with Crippen LogP contribution < -0.4 is 9.46 Å². The van der Waals surface area contributed by atoms with E-state index in [1.54, 1.807) is 26.0 Å². The van der Waals surface area contributed by atoms with Crippen molar-refractivity contribution < 1.29 is 17.7 Å². The molecule has 102 valence electrons. The van der Waals surface area contributed by atoms with Gasteiger partial charge in [0.05, 0.1) is 19.0 Å². The molecule has 8 heteroatoms. The van der Waals surface area contributed by atoms with Gasteiger partial charge in [-0.05, 0) is 19.9 Å². The van der Waals surface area contributed by atoms with E-state index in [1.807, 2.05) is 0 Å². The zero-order valence-corrected chi connectivity index (χ0v) is 11.5. The van der Waals surface area contributed by atoms with Gasteiger partial charge in [-0.2, -0.15) is 0 Å². The molecule has 0 unspecified atom stereocenters. The predicted molar refractivity (Wildman–Crippen MR) is 67.6 cm³/mol. The maximum absolute atomic E-state index is 12.2. The topological polar surface area (TPSA) is 94.3 Å². The molecule has 19 heavy (non-hydrogen) atoms. The van der Waals surface area contributed by atoms with Crippen molar-refractivity contribution in [1.82, 2.24) is 10.1 Å². The van der Waals surface area contributed by atoms with E-state index in [4.69, 9.17) is 9.26 Å². The summed E-state index contributed by atoms with van der Waals surface area (Å²) in [4.78, 5) is 3.96. The molecule has 0 bridgehead atoms. The lowest BCUT2D eigenvalue weighted by atomic mass is 10.4. The third-order valence-corrected chi connectivity index (χ3v) is 4.06. The molecule has 2 aromatic rings. The number of pyridine rings is 1. The van der Waals surface area contributed by atoms with Crippen LogP contribution in [-0.2, 0) is 10.0 Å². The molecule has 2 aromatic heterocycles. The summed E-state index contributed by atoms with van der Waals surface area (Å²) in [6.45, 7) is 3.11. The zero-order chi connectivity index (χ0) is 14.0. The maximum Gasteiger partial charge on any atom is 0.267 e. The van der Waals surface area contributed by atoms with Crippen molar-refractivity contribution in [2.75, 3.05) is 11.8 Å². The number of hydrogen-bond acceptors (Lipinski definition) is 6. The Kier molecular flexibility index (Phi) is 3.43. The SMILES string of the molecule is COc1ccc(NS(=O)(=O)c2c(C)noc2C)cn1. The molecule has 0 saturated heterocycles. The summed E-state index contributed by atoms with van der Waals surface area (Å²) in [5, 5.41) is 3.62. The Balaban J connectivity index is 2.31. The van der Waals surface area contributed by atoms with Crippen molar-refractivity contribution in [2.45, 2.75) is 18.7 Å². The number of nitrogens with zero attached hydrogens (tertiary/aromatic N) is 2. The van der Waals surface area contributed by atoms with Crippen LogP contribution in [0.25, 0.3) is 0 Å². The number of methoxy groups -OCH3 is 1. The highest BCUT2D eigenvalue weighted by molar-refractivity contribution is 7.92. The summed E-state index contributed by atoms with van der Waals surface area (Å²) < 4.78 is 36.5. The second kappa shape index (κ2) is 4.88. The second-order valence-electron chi connectivity index (χ2n) is 3.85. The highest BCUT2D eigenvalue weighted by atomic mass is 32.2. The van der Waals surface area contributed by atoms with Crippen molar-refractivity contribution >= 4 is 15.7 Å². The third-order valence-electron chi connectivity index (χ3n) is 2.43. The zero-order valence-electron chi connectivity index (χ0n) is 10.7. The number of aryl methyl sites for hydroxylation is 2. The second-order valence-corrected chi connectivity index (χ2v) is 5.47. The monoisotopic (exact) mass is 283 g/mol. The van der Waals surface area contributed by atoms with Gasteiger partial charge in [-0.1, -0.05) is 5.16 Å². The fourth-order valence-corrected chi connectivity index (χ4v) is 3.00. The van der Waals surface area contributed by atoms with Crippen LogP contribution in [-0.4, -0.2) is 25.7 Å². The normalized spacial score (nSPS) is 11.3. The van der Waals surface area contributed by atoms with Crippen LogP contribution in [0.1, 0.15) is 11.5 Å². The first kappa shape index (κ1) is 13.3. The lowest BCUT2D eigenvalue weighted by Crippen LogP contribution is -2.14. The van der Waals surface area contributed by atoms with E-state index in [9.17, 15) is 8.42 Å². The highest BCUT2D eigenvalue weighted by Gasteiger charge is 2.24. The summed E-state index contributed by atoms with van der Waals surface area (Å²) in [5.41, 5.74) is 0.646. The van der Waals surface area contributed by atoms with Crippen molar-refractivity contribution in [3.8, 4) is 5.88 Å². The van der Waals surface area contributed by atoms with E-state index >= 15 is 0 Å². The first-order chi connectivity index (χ1) is 8.94. The van der Waals surface area contributed by atoms with Gasteiger partial charge in [0.25, 0.3) is 10.0 Å². The van der Waals surface area contributed by atoms with Crippen LogP contribution in [0.15, 0.2) is 27.7 Å². The Labute approximate surface area is 110 Å². The Morgan fingerprint density at radius 3 is 2.53 bits per heavy atom. The molecule has 2 heterocycles. The molecule has 7 nitrogen and oxygen atoms in total. The average molecular weight is 283 g/mol. The molecule has 2 rings (SSSR count). The average Bonchev–Trinajstić information content (AvgIpc) is 2.70. The molecule has 0 atom stereocenters. The molecule has 0 aliphatic heterocycles. The predicted octanol–water partition coefficient (Wildman–Crippen LogP) is 1.50. The number of ether oxygens (including phenoxy) is 1. The number of sulfonamides is 1. The molecule has 0 fully saturated rings. The molecule has 0 amide bonds. The molecule has 0 saturated carbocycles. The van der Waals surface area contributed by atoms with Crippen molar-refractivity contribution in [3.63, 3.8) is 0 Å². The number of rotatable bonds is 4. The summed E-state index contributed by atoms with van der Waals surface area (Å²) >= 11 is 0. The first-order valence-electron chi connectivity index (χ1n) is 5.40. The number of aromatic nitrogens is 2. The Bertz CT molecular complexity index is 657. The van der Waals surface area contributed by atoms with E-state index in [1.165, 1.54) is 13.3 Å². The van der Waals surface area contributed by atoms with Gasteiger partial charge in [0, 0.05) is 6.07 Å². The summed E-state index contributed by atoms with van der Waals surface area (Å²) in [6, 6.07) is 3.12. The van der Waals surface area contributed by atoms with Gasteiger partial charge in [0.15, 0.2) is 10.7 Å². The lowest BCUT2D eigenvalue weighted by molar-refractivity contribution is 0.390. The van der Waals surface area contributed by atoms with Crippen LogP contribution in [0.4, 0.5) is 5.69 Å². The summed E-state index contributed by atoms with van der Waals surface area (Å²) in [7, 11) is -2.26. The number of nitrogens with one attached hydrogen (secondary N) is 1. The van der Waals surface area contributed by atoms with Gasteiger partial charge in [-0.15, -0.1) is 0 Å². The van der Waals surface area contributed by atoms with E-state index in [2.05, 4.69) is 14.9 Å². The fraction of sp³-hybridized carbons (Fsp3) is 0.273. The third kappa shape index (κ3) is 2.68. The fourth-order valence-electron chi connectivity index (χ4n) is 1.63. The number of anilines is 1. The molecule has 0 aliphatic carbocycles. The first-order valence-corrected chi connectivity index (χ1v) is 6.88. The Morgan fingerprint density at radius 1 is 1.32 bits per heavy atom. The largest absolute Gasteiger partial charge is 0.481 e. The van der Waals surface area contributed by atoms with Crippen LogP contribution in [0.3, 0.4) is 0 Å². The maximum atomic E-state index is 12.2. The molecule has 0 aromatic carbocycles. The van der Waals surface area contributed by atoms with Crippen molar-refractivity contribution in [1.29, 1.82) is 0 Å². The van der Waals surface area contributed by atoms with Crippen molar-refractivity contribution in [2.24, 2.45) is 0 Å². The van der Waals surface area contributed by atoms with Crippen LogP contribution in [0.2, 0.25) is 0 Å². The van der Waals surface area contributed by atoms with Crippen LogP contribution in [0.5, 0.6) is 5.88 Å². The van der Waals surface area contributed by atoms with E-state index in [0.29, 0.717) is 17.3 Å². The van der Waals surface area contributed by atoms with Gasteiger partial charge in [-0.3, -0.25) is 4.72 Å². The standard InChI is InChI=1S/C11H13N3O4S/c1-7-11(8(2)18-13-7)19(15,16)14-9-4-5-10(17-3)12-6-9/h4-6,14H,1-3H3. The summed E-state index contributed by atoms with van der Waals surface area (Å²) in [6.07, 6.45) is 1.37. The minimum atomic E-state index is -3.74.